The van der Waals surface area contributed by atoms with E-state index in [0.717, 1.165) is 16.3 Å². The summed E-state index contributed by atoms with van der Waals surface area (Å²) >= 11 is 0. The SMILES string of the molecule is CC(C)(C)c1ccc2cccc(C(C)(C)C)c2c1O. The van der Waals surface area contributed by atoms with E-state index in [2.05, 4.69) is 65.8 Å². The summed E-state index contributed by atoms with van der Waals surface area (Å²) in [5.74, 6) is 0.440. The van der Waals surface area contributed by atoms with Crippen molar-refractivity contribution >= 4 is 10.8 Å². The molecule has 0 saturated carbocycles. The highest BCUT2D eigenvalue weighted by molar-refractivity contribution is 5.93. The van der Waals surface area contributed by atoms with Gasteiger partial charge in [-0.1, -0.05) is 71.9 Å². The van der Waals surface area contributed by atoms with Crippen molar-refractivity contribution in [2.45, 2.75) is 52.4 Å². The lowest BCUT2D eigenvalue weighted by atomic mass is 9.80. The lowest BCUT2D eigenvalue weighted by molar-refractivity contribution is 0.451. The van der Waals surface area contributed by atoms with E-state index < -0.39 is 0 Å². The van der Waals surface area contributed by atoms with E-state index in [4.69, 9.17) is 0 Å². The smallest absolute Gasteiger partial charge is 0.127 e. The predicted octanol–water partition coefficient (Wildman–Crippen LogP) is 5.14. The van der Waals surface area contributed by atoms with E-state index in [1.807, 2.05) is 6.07 Å². The van der Waals surface area contributed by atoms with Crippen LogP contribution < -0.4 is 0 Å². The number of phenols is 1. The minimum atomic E-state index is -0.0523. The topological polar surface area (TPSA) is 20.2 Å². The van der Waals surface area contributed by atoms with Gasteiger partial charge in [-0.25, -0.2) is 0 Å². The zero-order valence-corrected chi connectivity index (χ0v) is 12.8. The third kappa shape index (κ3) is 2.47. The number of phenolic OH excluding ortho intramolecular Hbond substituents is 1. The van der Waals surface area contributed by atoms with Crippen LogP contribution in [0.1, 0.15) is 52.7 Å². The average molecular weight is 256 g/mol. The molecule has 2 rings (SSSR count). The van der Waals surface area contributed by atoms with Crippen LogP contribution in [0.5, 0.6) is 5.75 Å². The fourth-order valence-electron chi connectivity index (χ4n) is 2.59. The molecule has 0 aliphatic heterocycles. The molecule has 0 spiro atoms. The van der Waals surface area contributed by atoms with Gasteiger partial charge in [-0.15, -0.1) is 0 Å². The number of benzene rings is 2. The maximum Gasteiger partial charge on any atom is 0.127 e. The molecule has 102 valence electrons. The molecular weight excluding hydrogens is 232 g/mol. The molecule has 1 nitrogen and oxygen atoms in total. The van der Waals surface area contributed by atoms with Crippen LogP contribution in [0.25, 0.3) is 10.8 Å². The first-order valence-electron chi connectivity index (χ1n) is 6.88. The standard InChI is InChI=1S/C18H24O/c1-17(2,3)13-9-7-8-12-10-11-14(18(4,5)6)16(19)15(12)13/h7-11,19H,1-6H3. The second-order valence-corrected chi connectivity index (χ2v) is 7.37. The van der Waals surface area contributed by atoms with Gasteiger partial charge in [0.25, 0.3) is 0 Å². The van der Waals surface area contributed by atoms with Crippen LogP contribution >= 0.6 is 0 Å². The van der Waals surface area contributed by atoms with Crippen LogP contribution in [-0.2, 0) is 10.8 Å². The molecule has 2 aromatic rings. The van der Waals surface area contributed by atoms with Crippen molar-refractivity contribution in [3.63, 3.8) is 0 Å². The summed E-state index contributed by atoms with van der Waals surface area (Å²) in [5, 5.41) is 12.8. The Labute approximate surface area is 116 Å². The van der Waals surface area contributed by atoms with Gasteiger partial charge in [-0.3, -0.25) is 0 Å². The molecule has 0 atom stereocenters. The van der Waals surface area contributed by atoms with Gasteiger partial charge in [0.2, 0.25) is 0 Å². The van der Waals surface area contributed by atoms with Gasteiger partial charge in [0.15, 0.2) is 0 Å². The van der Waals surface area contributed by atoms with Crippen molar-refractivity contribution in [2.75, 3.05) is 0 Å². The summed E-state index contributed by atoms with van der Waals surface area (Å²) in [4.78, 5) is 0. The molecule has 0 aromatic heterocycles. The van der Waals surface area contributed by atoms with E-state index in [0.29, 0.717) is 5.75 Å². The molecule has 0 amide bonds. The molecule has 0 bridgehead atoms. The van der Waals surface area contributed by atoms with Gasteiger partial charge in [0, 0.05) is 5.39 Å². The van der Waals surface area contributed by atoms with E-state index in [1.165, 1.54) is 5.56 Å². The molecule has 1 N–H and O–H groups in total. The van der Waals surface area contributed by atoms with Crippen LogP contribution in [0.15, 0.2) is 30.3 Å². The third-order valence-corrected chi connectivity index (χ3v) is 3.63. The quantitative estimate of drug-likeness (QED) is 0.692. The molecule has 0 unspecified atom stereocenters. The Kier molecular flexibility index (Phi) is 3.12. The Hall–Kier alpha value is -1.50. The van der Waals surface area contributed by atoms with Crippen molar-refractivity contribution in [3.05, 3.63) is 41.5 Å². The van der Waals surface area contributed by atoms with Gasteiger partial charge in [0.1, 0.15) is 5.75 Å². The molecule has 0 aliphatic carbocycles. The van der Waals surface area contributed by atoms with Crippen LogP contribution in [0.3, 0.4) is 0 Å². The Balaban J connectivity index is 2.88. The predicted molar refractivity (Wildman–Crippen MR) is 83.0 cm³/mol. The van der Waals surface area contributed by atoms with Gasteiger partial charge in [-0.2, -0.15) is 0 Å². The number of fused-ring (bicyclic) bond motifs is 1. The molecule has 0 radical (unpaired) electrons. The molecule has 0 fully saturated rings. The lowest BCUT2D eigenvalue weighted by Gasteiger charge is -2.26. The first-order valence-corrected chi connectivity index (χ1v) is 6.88. The summed E-state index contributed by atoms with van der Waals surface area (Å²) in [5.41, 5.74) is 2.18. The summed E-state index contributed by atoms with van der Waals surface area (Å²) in [6.07, 6.45) is 0. The lowest BCUT2D eigenvalue weighted by Crippen LogP contribution is -2.14. The van der Waals surface area contributed by atoms with Crippen molar-refractivity contribution in [3.8, 4) is 5.75 Å². The fourth-order valence-corrected chi connectivity index (χ4v) is 2.59. The summed E-state index contributed by atoms with van der Waals surface area (Å²) in [6.45, 7) is 13.0. The van der Waals surface area contributed by atoms with Crippen LogP contribution in [0.4, 0.5) is 0 Å². The average Bonchev–Trinajstić information content (AvgIpc) is 2.25. The van der Waals surface area contributed by atoms with Gasteiger partial charge in [0.05, 0.1) is 0 Å². The van der Waals surface area contributed by atoms with Gasteiger partial charge >= 0.3 is 0 Å². The van der Waals surface area contributed by atoms with Gasteiger partial charge in [-0.05, 0) is 27.3 Å². The van der Waals surface area contributed by atoms with E-state index >= 15 is 0 Å². The largest absolute Gasteiger partial charge is 0.507 e. The Morgan fingerprint density at radius 3 is 1.84 bits per heavy atom. The molecule has 19 heavy (non-hydrogen) atoms. The summed E-state index contributed by atoms with van der Waals surface area (Å²) in [7, 11) is 0. The Morgan fingerprint density at radius 2 is 1.32 bits per heavy atom. The normalized spacial score (nSPS) is 12.9. The second kappa shape index (κ2) is 4.26. The molecule has 2 aromatic carbocycles. The van der Waals surface area contributed by atoms with Crippen molar-refractivity contribution in [1.82, 2.24) is 0 Å². The second-order valence-electron chi connectivity index (χ2n) is 7.37. The van der Waals surface area contributed by atoms with Gasteiger partial charge < -0.3 is 5.11 Å². The number of rotatable bonds is 0. The van der Waals surface area contributed by atoms with Crippen LogP contribution in [0, 0.1) is 0 Å². The minimum Gasteiger partial charge on any atom is -0.507 e. The summed E-state index contributed by atoms with van der Waals surface area (Å²) < 4.78 is 0. The Morgan fingerprint density at radius 1 is 0.737 bits per heavy atom. The minimum absolute atomic E-state index is 0.0213. The van der Waals surface area contributed by atoms with Crippen molar-refractivity contribution < 1.29 is 5.11 Å². The molecular formula is C18H24O. The zero-order chi connectivity index (χ0) is 14.4. The Bertz CT molecular complexity index is 610. The van der Waals surface area contributed by atoms with E-state index in [1.54, 1.807) is 0 Å². The maximum absolute atomic E-state index is 10.7. The maximum atomic E-state index is 10.7. The van der Waals surface area contributed by atoms with Crippen molar-refractivity contribution in [2.24, 2.45) is 0 Å². The molecule has 0 aliphatic rings. The van der Waals surface area contributed by atoms with Crippen molar-refractivity contribution in [1.29, 1.82) is 0 Å². The first-order chi connectivity index (χ1) is 8.62. The molecule has 0 saturated heterocycles. The third-order valence-electron chi connectivity index (χ3n) is 3.63. The fraction of sp³-hybridized carbons (Fsp3) is 0.444. The first kappa shape index (κ1) is 13.9. The highest BCUT2D eigenvalue weighted by atomic mass is 16.3. The molecule has 0 heterocycles. The number of hydrogen-bond acceptors (Lipinski definition) is 1. The number of hydrogen-bond donors (Lipinski definition) is 1. The monoisotopic (exact) mass is 256 g/mol. The van der Waals surface area contributed by atoms with Crippen LogP contribution in [0.2, 0.25) is 0 Å². The molecule has 1 heteroatoms. The number of aromatic hydroxyl groups is 1. The summed E-state index contributed by atoms with van der Waals surface area (Å²) in [6, 6.07) is 10.4. The zero-order valence-electron chi connectivity index (χ0n) is 12.8. The van der Waals surface area contributed by atoms with E-state index in [-0.39, 0.29) is 10.8 Å². The highest BCUT2D eigenvalue weighted by Gasteiger charge is 2.23. The van der Waals surface area contributed by atoms with E-state index in [9.17, 15) is 5.11 Å². The van der Waals surface area contributed by atoms with Crippen LogP contribution in [-0.4, -0.2) is 5.11 Å². The highest BCUT2D eigenvalue weighted by Crippen LogP contribution is 2.41.